The number of halogens is 2. The van der Waals surface area contributed by atoms with E-state index in [0.29, 0.717) is 28.0 Å². The van der Waals surface area contributed by atoms with E-state index in [9.17, 15) is 0 Å². The van der Waals surface area contributed by atoms with Gasteiger partial charge in [-0.25, -0.2) is 9.97 Å². The molecule has 150 valence electrons. The highest BCUT2D eigenvalue weighted by atomic mass is 35.5. The van der Waals surface area contributed by atoms with Crippen molar-refractivity contribution >= 4 is 40.8 Å². The Bertz CT molecular complexity index is 854. The molecule has 28 heavy (non-hydrogen) atoms. The fraction of sp³-hybridized carbons (Fsp3) is 0.500. The molecular weight excluding hydrogens is 413 g/mol. The van der Waals surface area contributed by atoms with Crippen LogP contribution in [-0.4, -0.2) is 29.1 Å². The van der Waals surface area contributed by atoms with Crippen LogP contribution in [-0.2, 0) is 6.54 Å². The van der Waals surface area contributed by atoms with E-state index in [2.05, 4.69) is 9.88 Å². The van der Waals surface area contributed by atoms with Crippen LogP contribution in [0.25, 0.3) is 0 Å². The standard InChI is InChI=1S/C20H25Cl2N5S/c21-13-3-1-4-15(18(13)22)28-19-14(11-23)26-17(12-25-19)27-9-7-20(8-10-27)6-2-5-16(20)24/h1,3-4,12,16H,2,5-11,23-24H2/t16-/m1/s1. The maximum absolute atomic E-state index is 6.40. The molecule has 1 aromatic carbocycles. The monoisotopic (exact) mass is 437 g/mol. The molecule has 1 atom stereocenters. The first kappa shape index (κ1) is 20.2. The number of nitrogens with zero attached hydrogens (tertiary/aromatic N) is 3. The van der Waals surface area contributed by atoms with E-state index in [-0.39, 0.29) is 0 Å². The Labute approximate surface area is 180 Å². The molecule has 1 aliphatic heterocycles. The highest BCUT2D eigenvalue weighted by Gasteiger charge is 2.43. The van der Waals surface area contributed by atoms with Gasteiger partial charge in [-0.2, -0.15) is 0 Å². The van der Waals surface area contributed by atoms with E-state index in [1.807, 2.05) is 18.3 Å². The molecule has 1 spiro atoms. The van der Waals surface area contributed by atoms with Crippen molar-refractivity contribution < 1.29 is 0 Å². The molecule has 2 aliphatic rings. The number of benzene rings is 1. The maximum Gasteiger partial charge on any atom is 0.147 e. The minimum atomic E-state index is 0.323. The zero-order valence-corrected chi connectivity index (χ0v) is 18.0. The van der Waals surface area contributed by atoms with Crippen LogP contribution in [0, 0.1) is 5.41 Å². The first-order valence-corrected chi connectivity index (χ1v) is 11.3. The van der Waals surface area contributed by atoms with Gasteiger partial charge < -0.3 is 16.4 Å². The van der Waals surface area contributed by atoms with Crippen LogP contribution < -0.4 is 16.4 Å². The molecule has 2 heterocycles. The van der Waals surface area contributed by atoms with Gasteiger partial charge in [-0.15, -0.1) is 0 Å². The van der Waals surface area contributed by atoms with E-state index in [0.717, 1.165) is 53.8 Å². The van der Waals surface area contributed by atoms with Gasteiger partial charge in [-0.1, -0.05) is 47.5 Å². The largest absolute Gasteiger partial charge is 0.355 e. The maximum atomic E-state index is 6.40. The third-order valence-electron chi connectivity index (χ3n) is 6.17. The smallest absolute Gasteiger partial charge is 0.147 e. The van der Waals surface area contributed by atoms with Crippen LogP contribution in [0.5, 0.6) is 0 Å². The molecule has 5 nitrogen and oxygen atoms in total. The Balaban J connectivity index is 1.50. The van der Waals surface area contributed by atoms with E-state index < -0.39 is 0 Å². The minimum Gasteiger partial charge on any atom is -0.355 e. The summed E-state index contributed by atoms with van der Waals surface area (Å²) >= 11 is 13.9. The van der Waals surface area contributed by atoms with Crippen LogP contribution >= 0.6 is 35.0 Å². The summed E-state index contributed by atoms with van der Waals surface area (Å²) in [6, 6.07) is 5.91. The summed E-state index contributed by atoms with van der Waals surface area (Å²) in [5.74, 6) is 0.892. The second kappa shape index (κ2) is 8.36. The first-order valence-electron chi connectivity index (χ1n) is 9.71. The third kappa shape index (κ3) is 3.85. The van der Waals surface area contributed by atoms with Gasteiger partial charge in [0.25, 0.3) is 0 Å². The number of hydrogen-bond donors (Lipinski definition) is 2. The number of anilines is 1. The second-order valence-electron chi connectivity index (χ2n) is 7.69. The number of nitrogens with two attached hydrogens (primary N) is 2. The summed E-state index contributed by atoms with van der Waals surface area (Å²) in [4.78, 5) is 12.6. The fourth-order valence-electron chi connectivity index (χ4n) is 4.41. The Hall–Kier alpha value is -1.05. The van der Waals surface area contributed by atoms with Crippen molar-refractivity contribution in [3.63, 3.8) is 0 Å². The van der Waals surface area contributed by atoms with Gasteiger partial charge in [0.15, 0.2) is 0 Å². The summed E-state index contributed by atoms with van der Waals surface area (Å²) in [5, 5.41) is 1.82. The predicted molar refractivity (Wildman–Crippen MR) is 116 cm³/mol. The molecule has 1 saturated carbocycles. The summed E-state index contributed by atoms with van der Waals surface area (Å²) in [5.41, 5.74) is 13.5. The topological polar surface area (TPSA) is 81.1 Å². The Kier molecular flexibility index (Phi) is 6.04. The van der Waals surface area contributed by atoms with Crippen LogP contribution in [0.3, 0.4) is 0 Å². The average molecular weight is 438 g/mol. The van der Waals surface area contributed by atoms with Crippen molar-refractivity contribution in [2.45, 2.75) is 54.6 Å². The lowest BCUT2D eigenvalue weighted by molar-refractivity contribution is 0.197. The molecule has 0 radical (unpaired) electrons. The van der Waals surface area contributed by atoms with Gasteiger partial charge in [0.2, 0.25) is 0 Å². The van der Waals surface area contributed by atoms with Gasteiger partial charge in [-0.3, -0.25) is 0 Å². The molecule has 2 aromatic rings. The fourth-order valence-corrected chi connectivity index (χ4v) is 5.79. The lowest BCUT2D eigenvalue weighted by atomic mass is 9.74. The molecule has 1 aliphatic carbocycles. The Morgan fingerprint density at radius 3 is 2.68 bits per heavy atom. The Morgan fingerprint density at radius 2 is 2.00 bits per heavy atom. The average Bonchev–Trinajstić information content (AvgIpc) is 3.06. The molecule has 0 amide bonds. The van der Waals surface area contributed by atoms with Crippen LogP contribution in [0.2, 0.25) is 10.0 Å². The molecule has 0 unspecified atom stereocenters. The van der Waals surface area contributed by atoms with Crippen LogP contribution in [0.15, 0.2) is 34.3 Å². The Morgan fingerprint density at radius 1 is 1.21 bits per heavy atom. The van der Waals surface area contributed by atoms with Crippen molar-refractivity contribution in [1.29, 1.82) is 0 Å². The van der Waals surface area contributed by atoms with Crippen molar-refractivity contribution in [3.05, 3.63) is 40.1 Å². The first-order chi connectivity index (χ1) is 13.5. The third-order valence-corrected chi connectivity index (χ3v) is 8.19. The lowest BCUT2D eigenvalue weighted by Crippen LogP contribution is -2.47. The van der Waals surface area contributed by atoms with Crippen LogP contribution in [0.4, 0.5) is 5.82 Å². The van der Waals surface area contributed by atoms with E-state index >= 15 is 0 Å². The summed E-state index contributed by atoms with van der Waals surface area (Å²) in [7, 11) is 0. The number of rotatable bonds is 4. The minimum absolute atomic E-state index is 0.323. The zero-order valence-electron chi connectivity index (χ0n) is 15.7. The van der Waals surface area contributed by atoms with Crippen molar-refractivity contribution in [3.8, 4) is 0 Å². The number of piperidine rings is 1. The van der Waals surface area contributed by atoms with Gasteiger partial charge >= 0.3 is 0 Å². The summed E-state index contributed by atoms with van der Waals surface area (Å²) in [6.07, 6.45) is 7.78. The molecule has 1 aromatic heterocycles. The number of aromatic nitrogens is 2. The molecule has 2 fully saturated rings. The SMILES string of the molecule is NCc1nc(N2CCC3(CCC[C@H]3N)CC2)cnc1Sc1cccc(Cl)c1Cl. The molecular formula is C20H25Cl2N5S. The lowest BCUT2D eigenvalue weighted by Gasteiger charge is -2.42. The summed E-state index contributed by atoms with van der Waals surface area (Å²) < 4.78 is 0. The highest BCUT2D eigenvalue weighted by Crippen LogP contribution is 2.46. The predicted octanol–water partition coefficient (Wildman–Crippen LogP) is 4.49. The van der Waals surface area contributed by atoms with E-state index in [4.69, 9.17) is 39.7 Å². The highest BCUT2D eigenvalue weighted by molar-refractivity contribution is 7.99. The molecule has 0 bridgehead atoms. The van der Waals surface area contributed by atoms with Crippen molar-refractivity contribution in [2.24, 2.45) is 16.9 Å². The van der Waals surface area contributed by atoms with Gasteiger partial charge in [0.1, 0.15) is 10.8 Å². The van der Waals surface area contributed by atoms with Gasteiger partial charge in [0.05, 0.1) is 21.9 Å². The van der Waals surface area contributed by atoms with Gasteiger partial charge in [-0.05, 0) is 43.2 Å². The molecule has 4 rings (SSSR count). The van der Waals surface area contributed by atoms with Crippen LogP contribution in [0.1, 0.15) is 37.8 Å². The van der Waals surface area contributed by atoms with E-state index in [1.165, 1.54) is 24.6 Å². The normalized spacial score (nSPS) is 21.4. The van der Waals surface area contributed by atoms with Gasteiger partial charge in [0, 0.05) is 30.6 Å². The van der Waals surface area contributed by atoms with E-state index in [1.54, 1.807) is 6.07 Å². The summed E-state index contributed by atoms with van der Waals surface area (Å²) in [6.45, 7) is 2.27. The number of hydrogen-bond acceptors (Lipinski definition) is 6. The second-order valence-corrected chi connectivity index (χ2v) is 9.50. The molecule has 1 saturated heterocycles. The van der Waals surface area contributed by atoms with Crippen molar-refractivity contribution in [1.82, 2.24) is 9.97 Å². The van der Waals surface area contributed by atoms with Crippen molar-refractivity contribution in [2.75, 3.05) is 18.0 Å². The molecule has 8 heteroatoms. The quantitative estimate of drug-likeness (QED) is 0.732. The zero-order chi connectivity index (χ0) is 19.7. The molecule has 4 N–H and O–H groups in total.